The predicted octanol–water partition coefficient (Wildman–Crippen LogP) is 4.21. The normalized spacial score (nSPS) is 9.37. The Hall–Kier alpha value is -0.321. The van der Waals surface area contributed by atoms with Gasteiger partial charge in [-0.05, 0) is 0 Å². The van der Waals surface area contributed by atoms with Crippen molar-refractivity contribution in [3.8, 4) is 0 Å². The third-order valence-electron chi connectivity index (χ3n) is 2.48. The van der Waals surface area contributed by atoms with Crippen LogP contribution in [0.5, 0.6) is 0 Å². The summed E-state index contributed by atoms with van der Waals surface area (Å²) in [6.07, 6.45) is 0. The van der Waals surface area contributed by atoms with Crippen molar-refractivity contribution in [2.45, 2.75) is 8.87 Å². The van der Waals surface area contributed by atoms with Gasteiger partial charge in [0.2, 0.25) is 0 Å². The van der Waals surface area contributed by atoms with Gasteiger partial charge in [0.05, 0.1) is 0 Å². The van der Waals surface area contributed by atoms with Crippen LogP contribution in [-0.2, 0) is 8.87 Å². The van der Waals surface area contributed by atoms with Crippen LogP contribution in [0.3, 0.4) is 0 Å². The molecule has 0 atom stereocenters. The van der Waals surface area contributed by atoms with E-state index in [9.17, 15) is 8.78 Å². The van der Waals surface area contributed by atoms with Crippen molar-refractivity contribution in [3.63, 3.8) is 0 Å². The molecule has 0 amide bonds. The Morgan fingerprint density at radius 2 is 0.947 bits per heavy atom. The molecule has 2 rings (SSSR count). The number of hydrogen-bond donors (Lipinski definition) is 0. The van der Waals surface area contributed by atoms with E-state index in [0.717, 1.165) is 8.87 Å². The van der Waals surface area contributed by atoms with Crippen LogP contribution in [0.1, 0.15) is 11.1 Å². The maximum absolute atomic E-state index is 12.7. The first-order valence-electron chi connectivity index (χ1n) is 5.43. The van der Waals surface area contributed by atoms with Gasteiger partial charge in [0, 0.05) is 0 Å². The Morgan fingerprint density at radius 3 is 1.26 bits per heavy atom. The molecule has 0 N–H and O–H groups in total. The van der Waals surface area contributed by atoms with Crippen molar-refractivity contribution >= 4 is 46.0 Å². The fourth-order valence-electron chi connectivity index (χ4n) is 1.56. The summed E-state index contributed by atoms with van der Waals surface area (Å²) in [6.45, 7) is 0. The monoisotopic (exact) mass is 410 g/mol. The molecule has 0 heterocycles. The molecule has 0 bridgehead atoms. The van der Waals surface area contributed by atoms with Gasteiger partial charge in [0.25, 0.3) is 0 Å². The van der Waals surface area contributed by atoms with Gasteiger partial charge in [-0.1, -0.05) is 0 Å². The Balaban J connectivity index is 0.00000162. The molecule has 0 aliphatic rings. The van der Waals surface area contributed by atoms with Gasteiger partial charge < -0.3 is 0 Å². The Bertz CT molecular complexity index is 426. The summed E-state index contributed by atoms with van der Waals surface area (Å²) in [7, 11) is 0. The summed E-state index contributed by atoms with van der Waals surface area (Å²) in [5.41, 5.74) is 2.42. The second-order valence-corrected chi connectivity index (χ2v) is 7.30. The van der Waals surface area contributed by atoms with Gasteiger partial charge in [-0.15, -0.1) is 24.8 Å². The summed E-state index contributed by atoms with van der Waals surface area (Å²) in [4.78, 5) is 0. The Morgan fingerprint density at radius 1 is 0.632 bits per heavy atom. The molecular weight excluding hydrogens is 396 g/mol. The molecule has 102 valence electrons. The molecule has 0 saturated carbocycles. The van der Waals surface area contributed by atoms with Crippen molar-refractivity contribution in [1.82, 2.24) is 0 Å². The molecule has 2 radical (unpaired) electrons. The Kier molecular flexibility index (Phi) is 9.40. The van der Waals surface area contributed by atoms with E-state index in [1.165, 1.54) is 35.4 Å². The van der Waals surface area contributed by atoms with Crippen LogP contribution in [0.25, 0.3) is 0 Å². The van der Waals surface area contributed by atoms with Crippen LogP contribution < -0.4 is 0 Å². The zero-order valence-electron chi connectivity index (χ0n) is 10.1. The van der Waals surface area contributed by atoms with Gasteiger partial charge >= 0.3 is 110 Å². The van der Waals surface area contributed by atoms with Gasteiger partial charge in [-0.2, -0.15) is 0 Å². The molecule has 0 unspecified atom stereocenters. The summed E-state index contributed by atoms with van der Waals surface area (Å²) >= 11 is -0.532. The van der Waals surface area contributed by atoms with E-state index in [1.807, 2.05) is 24.3 Å². The minimum atomic E-state index is -0.532. The molecule has 0 aromatic heterocycles. The average molecular weight is 410 g/mol. The molecule has 2 aromatic carbocycles. The van der Waals surface area contributed by atoms with E-state index in [2.05, 4.69) is 0 Å². The number of rotatable bonds is 4. The van der Waals surface area contributed by atoms with E-state index >= 15 is 0 Å². The number of benzene rings is 2. The molecule has 0 saturated heterocycles. The van der Waals surface area contributed by atoms with E-state index in [1.54, 1.807) is 0 Å². The maximum atomic E-state index is 12.7. The number of halogens is 4. The minimum absolute atomic E-state index is 0. The molecule has 0 nitrogen and oxygen atoms in total. The van der Waals surface area contributed by atoms with Crippen LogP contribution in [-0.4, -0.2) is 21.1 Å². The van der Waals surface area contributed by atoms with Crippen LogP contribution in [0.4, 0.5) is 8.78 Å². The quantitative estimate of drug-likeness (QED) is 0.663. The third-order valence-corrected chi connectivity index (χ3v) is 6.24. The molecular formula is C14H14Cl2F2Sn. The topological polar surface area (TPSA) is 0 Å². The van der Waals surface area contributed by atoms with Gasteiger partial charge in [-0.25, -0.2) is 0 Å². The standard InChI is InChI=1S/2C7H6F.2ClH.Sn/c2*1-6-2-4-7(8)5-3-6;;;/h2*2-5H,1H2;2*1H;. The summed E-state index contributed by atoms with van der Waals surface area (Å²) in [6, 6.07) is 13.4. The van der Waals surface area contributed by atoms with Crippen molar-refractivity contribution in [1.29, 1.82) is 0 Å². The van der Waals surface area contributed by atoms with E-state index in [4.69, 9.17) is 0 Å². The first-order valence-corrected chi connectivity index (χ1v) is 9.47. The van der Waals surface area contributed by atoms with Crippen molar-refractivity contribution in [2.24, 2.45) is 0 Å². The summed E-state index contributed by atoms with van der Waals surface area (Å²) in [5.74, 6) is -0.365. The summed E-state index contributed by atoms with van der Waals surface area (Å²) < 4.78 is 27.5. The van der Waals surface area contributed by atoms with Crippen molar-refractivity contribution < 1.29 is 8.78 Å². The van der Waals surface area contributed by atoms with Crippen LogP contribution >= 0.6 is 24.8 Å². The second kappa shape index (κ2) is 9.56. The zero-order chi connectivity index (χ0) is 12.1. The van der Waals surface area contributed by atoms with Crippen molar-refractivity contribution in [3.05, 3.63) is 71.3 Å². The molecule has 5 heteroatoms. The van der Waals surface area contributed by atoms with Crippen LogP contribution in [0.2, 0.25) is 0 Å². The van der Waals surface area contributed by atoms with E-state index in [-0.39, 0.29) is 36.4 Å². The van der Waals surface area contributed by atoms with E-state index in [0.29, 0.717) is 0 Å². The number of hydrogen-bond acceptors (Lipinski definition) is 0. The molecule has 0 aliphatic carbocycles. The van der Waals surface area contributed by atoms with Gasteiger partial charge in [-0.3, -0.25) is 0 Å². The van der Waals surface area contributed by atoms with Gasteiger partial charge in [0.15, 0.2) is 0 Å². The molecule has 0 aliphatic heterocycles. The SMILES string of the molecule is Cl.Cl.Fc1ccc([CH2][Sn][CH2]c2ccc(F)cc2)cc1. The molecule has 19 heavy (non-hydrogen) atoms. The third kappa shape index (κ3) is 6.59. The zero-order valence-corrected chi connectivity index (χ0v) is 14.6. The average Bonchev–Trinajstić information content (AvgIpc) is 2.34. The van der Waals surface area contributed by atoms with Crippen LogP contribution in [0, 0.1) is 11.6 Å². The molecule has 0 fully saturated rings. The second-order valence-electron chi connectivity index (χ2n) is 3.86. The van der Waals surface area contributed by atoms with Crippen molar-refractivity contribution in [2.75, 3.05) is 0 Å². The fraction of sp³-hybridized carbons (Fsp3) is 0.143. The van der Waals surface area contributed by atoms with E-state index < -0.39 is 21.1 Å². The predicted molar refractivity (Wildman–Crippen MR) is 80.5 cm³/mol. The van der Waals surface area contributed by atoms with Gasteiger partial charge in [0.1, 0.15) is 0 Å². The fourth-order valence-corrected chi connectivity index (χ4v) is 4.91. The first-order chi connectivity index (χ1) is 8.24. The molecule has 2 aromatic rings. The Labute approximate surface area is 134 Å². The van der Waals surface area contributed by atoms with Crippen LogP contribution in [0.15, 0.2) is 48.5 Å². The molecule has 0 spiro atoms. The summed E-state index contributed by atoms with van der Waals surface area (Å²) in [5, 5.41) is 0. The first kappa shape index (κ1) is 18.7.